The molecule has 0 radical (unpaired) electrons. The summed E-state index contributed by atoms with van der Waals surface area (Å²) in [7, 11) is 0. The first kappa shape index (κ1) is 17.5. The second-order valence-electron chi connectivity index (χ2n) is 5.39. The van der Waals surface area contributed by atoms with Crippen LogP contribution in [0.15, 0.2) is 33.6 Å². The highest BCUT2D eigenvalue weighted by molar-refractivity contribution is 8.27. The van der Waals surface area contributed by atoms with Crippen molar-refractivity contribution in [1.29, 1.82) is 0 Å². The number of carbonyl (C=O) groups excluding carboxylic acids is 1. The van der Waals surface area contributed by atoms with Gasteiger partial charge in [0.15, 0.2) is 4.32 Å². The van der Waals surface area contributed by atoms with Crippen molar-refractivity contribution in [1.82, 2.24) is 0 Å². The van der Waals surface area contributed by atoms with Crippen LogP contribution in [0, 0.1) is 13.8 Å². The van der Waals surface area contributed by atoms with Crippen molar-refractivity contribution in [2.75, 3.05) is 4.90 Å². The fourth-order valence-electron chi connectivity index (χ4n) is 2.59. The van der Waals surface area contributed by atoms with E-state index in [0.717, 1.165) is 22.7 Å². The number of anilines is 1. The van der Waals surface area contributed by atoms with Crippen LogP contribution in [0.4, 0.5) is 5.69 Å². The Kier molecular flexibility index (Phi) is 4.80. The number of amides is 1. The van der Waals surface area contributed by atoms with Crippen LogP contribution in [-0.4, -0.2) is 10.2 Å². The first-order valence-corrected chi connectivity index (χ1v) is 9.07. The highest BCUT2D eigenvalue weighted by Crippen LogP contribution is 2.42. The third-order valence-electron chi connectivity index (χ3n) is 3.71. The molecule has 0 aliphatic carbocycles. The quantitative estimate of drug-likeness (QED) is 0.459. The third kappa shape index (κ3) is 3.02. The highest BCUT2D eigenvalue weighted by Gasteiger charge is 2.36. The van der Waals surface area contributed by atoms with E-state index in [1.807, 2.05) is 26.8 Å². The van der Waals surface area contributed by atoms with Crippen LogP contribution in [0.2, 0.25) is 10.0 Å². The molecule has 0 spiro atoms. The minimum absolute atomic E-state index is 0.190. The van der Waals surface area contributed by atoms with Crippen LogP contribution in [0.5, 0.6) is 0 Å². The van der Waals surface area contributed by atoms with Crippen LogP contribution >= 0.6 is 47.2 Å². The normalized spacial score (nSPS) is 17.0. The molecule has 3 nitrogen and oxygen atoms in total. The Morgan fingerprint density at radius 2 is 1.96 bits per heavy atom. The zero-order valence-electron chi connectivity index (χ0n) is 13.1. The van der Waals surface area contributed by atoms with Gasteiger partial charge in [-0.3, -0.25) is 9.69 Å². The largest absolute Gasteiger partial charge is 0.466 e. The number of furan rings is 1. The van der Waals surface area contributed by atoms with Crippen molar-refractivity contribution in [3.8, 4) is 0 Å². The highest BCUT2D eigenvalue weighted by atomic mass is 35.5. The van der Waals surface area contributed by atoms with Gasteiger partial charge in [-0.25, -0.2) is 0 Å². The molecule has 24 heavy (non-hydrogen) atoms. The third-order valence-corrected chi connectivity index (χ3v) is 5.72. The molecule has 1 aromatic carbocycles. The lowest BCUT2D eigenvalue weighted by Crippen LogP contribution is -2.27. The molecule has 0 unspecified atom stereocenters. The molecule has 0 bridgehead atoms. The lowest BCUT2D eigenvalue weighted by Gasteiger charge is -2.16. The monoisotopic (exact) mass is 397 g/mol. The summed E-state index contributed by atoms with van der Waals surface area (Å²) in [6.45, 7) is 5.65. The predicted molar refractivity (Wildman–Crippen MR) is 105 cm³/mol. The smallest absolute Gasteiger partial charge is 0.271 e. The fraction of sp³-hybridized carbons (Fsp3) is 0.176. The second kappa shape index (κ2) is 6.56. The number of rotatable bonds is 2. The van der Waals surface area contributed by atoms with Crippen molar-refractivity contribution in [3.63, 3.8) is 0 Å². The number of allylic oxidation sites excluding steroid dienone is 1. The molecular formula is C17H13Cl2NO2S2. The standard InChI is InChI=1S/C17H13Cl2NO2S2/c1-8-6-12(10(3)22-8)9(2)15-16(21)20(17(23)24-15)14-5-4-11(18)7-13(14)19/h4-7H,1-3H3/b15-9-. The summed E-state index contributed by atoms with van der Waals surface area (Å²) in [4.78, 5) is 14.9. The van der Waals surface area contributed by atoms with E-state index in [0.29, 0.717) is 25.0 Å². The Hall–Kier alpha value is -1.27. The molecular weight excluding hydrogens is 385 g/mol. The molecule has 1 fully saturated rings. The summed E-state index contributed by atoms with van der Waals surface area (Å²) in [5, 5.41) is 0.887. The van der Waals surface area contributed by atoms with Gasteiger partial charge in [0.05, 0.1) is 15.6 Å². The van der Waals surface area contributed by atoms with Crippen molar-refractivity contribution >= 4 is 68.7 Å². The molecule has 1 amide bonds. The Bertz CT molecular complexity index is 902. The van der Waals surface area contributed by atoms with E-state index in [1.165, 1.54) is 16.7 Å². The number of aryl methyl sites for hydroxylation is 2. The first-order valence-electron chi connectivity index (χ1n) is 7.09. The minimum Gasteiger partial charge on any atom is -0.466 e. The molecule has 2 heterocycles. The number of hydrogen-bond donors (Lipinski definition) is 0. The maximum absolute atomic E-state index is 12.9. The molecule has 2 aromatic rings. The van der Waals surface area contributed by atoms with Gasteiger partial charge in [0.2, 0.25) is 0 Å². The SMILES string of the molecule is C/C(=C1/SC(=S)N(c2ccc(Cl)cc2Cl)C1=O)c1cc(C)oc1C. The summed E-state index contributed by atoms with van der Waals surface area (Å²) in [5.74, 6) is 1.39. The van der Waals surface area contributed by atoms with Crippen LogP contribution in [0.25, 0.3) is 5.57 Å². The van der Waals surface area contributed by atoms with Gasteiger partial charge < -0.3 is 4.42 Å². The number of nitrogens with zero attached hydrogens (tertiary/aromatic N) is 1. The van der Waals surface area contributed by atoms with Crippen LogP contribution in [0.1, 0.15) is 24.0 Å². The topological polar surface area (TPSA) is 33.5 Å². The molecule has 124 valence electrons. The maximum Gasteiger partial charge on any atom is 0.271 e. The summed E-state index contributed by atoms with van der Waals surface area (Å²) in [6, 6.07) is 6.89. The van der Waals surface area contributed by atoms with Gasteiger partial charge in [-0.15, -0.1) is 0 Å². The van der Waals surface area contributed by atoms with E-state index in [9.17, 15) is 4.79 Å². The molecule has 7 heteroatoms. The Morgan fingerprint density at radius 3 is 2.54 bits per heavy atom. The van der Waals surface area contributed by atoms with E-state index in [4.69, 9.17) is 39.8 Å². The lowest BCUT2D eigenvalue weighted by molar-refractivity contribution is -0.113. The zero-order valence-corrected chi connectivity index (χ0v) is 16.3. The van der Waals surface area contributed by atoms with Crippen molar-refractivity contribution in [2.45, 2.75) is 20.8 Å². The summed E-state index contributed by atoms with van der Waals surface area (Å²) in [6.07, 6.45) is 0. The fourth-order valence-corrected chi connectivity index (χ4v) is 4.41. The van der Waals surface area contributed by atoms with E-state index >= 15 is 0 Å². The summed E-state index contributed by atoms with van der Waals surface area (Å²) >= 11 is 18.8. The van der Waals surface area contributed by atoms with Gasteiger partial charge in [0, 0.05) is 10.6 Å². The van der Waals surface area contributed by atoms with E-state index in [1.54, 1.807) is 18.2 Å². The minimum atomic E-state index is -0.190. The molecule has 1 aliphatic heterocycles. The molecule has 1 saturated heterocycles. The van der Waals surface area contributed by atoms with Crippen LogP contribution in [-0.2, 0) is 4.79 Å². The molecule has 0 atom stereocenters. The van der Waals surface area contributed by atoms with E-state index < -0.39 is 0 Å². The average molecular weight is 398 g/mol. The van der Waals surface area contributed by atoms with Gasteiger partial charge in [-0.05, 0) is 50.6 Å². The number of halogens is 2. The summed E-state index contributed by atoms with van der Waals surface area (Å²) < 4.78 is 6.01. The van der Waals surface area contributed by atoms with Gasteiger partial charge in [-0.1, -0.05) is 47.2 Å². The Labute approximate surface area is 159 Å². The van der Waals surface area contributed by atoms with E-state index in [2.05, 4.69) is 0 Å². The first-order chi connectivity index (χ1) is 11.3. The zero-order chi connectivity index (χ0) is 17.6. The molecule has 0 N–H and O–H groups in total. The van der Waals surface area contributed by atoms with Gasteiger partial charge in [-0.2, -0.15) is 0 Å². The predicted octanol–water partition coefficient (Wildman–Crippen LogP) is 6.00. The van der Waals surface area contributed by atoms with Crippen LogP contribution in [0.3, 0.4) is 0 Å². The Morgan fingerprint density at radius 1 is 1.25 bits per heavy atom. The summed E-state index contributed by atoms with van der Waals surface area (Å²) in [5.41, 5.74) is 2.29. The van der Waals surface area contributed by atoms with Gasteiger partial charge >= 0.3 is 0 Å². The van der Waals surface area contributed by atoms with Gasteiger partial charge in [0.1, 0.15) is 11.5 Å². The van der Waals surface area contributed by atoms with Gasteiger partial charge in [0.25, 0.3) is 5.91 Å². The maximum atomic E-state index is 12.9. The van der Waals surface area contributed by atoms with Crippen molar-refractivity contribution in [2.24, 2.45) is 0 Å². The number of thiocarbonyl (C=S) groups is 1. The van der Waals surface area contributed by atoms with Crippen molar-refractivity contribution < 1.29 is 9.21 Å². The number of thioether (sulfide) groups is 1. The molecule has 1 aromatic heterocycles. The second-order valence-corrected chi connectivity index (χ2v) is 7.87. The molecule has 3 rings (SSSR count). The lowest BCUT2D eigenvalue weighted by atomic mass is 10.1. The number of carbonyl (C=O) groups is 1. The Balaban J connectivity index is 2.06. The molecule has 1 aliphatic rings. The number of benzene rings is 1. The average Bonchev–Trinajstić information content (AvgIpc) is 2.98. The molecule has 0 saturated carbocycles. The van der Waals surface area contributed by atoms with Crippen LogP contribution < -0.4 is 4.90 Å². The number of hydrogen-bond acceptors (Lipinski definition) is 4. The van der Waals surface area contributed by atoms with Crippen molar-refractivity contribution in [3.05, 3.63) is 56.3 Å². The van der Waals surface area contributed by atoms with E-state index in [-0.39, 0.29) is 5.91 Å².